The summed E-state index contributed by atoms with van der Waals surface area (Å²) in [7, 11) is 0. The minimum Gasteiger partial charge on any atom is -0.439 e. The lowest BCUT2D eigenvalue weighted by atomic mass is 10.2. The lowest BCUT2D eigenvalue weighted by molar-refractivity contribution is -0.137. The van der Waals surface area contributed by atoms with Crippen LogP contribution >= 0.6 is 12.2 Å². The maximum absolute atomic E-state index is 12.7. The van der Waals surface area contributed by atoms with E-state index in [4.69, 9.17) is 17.0 Å². The van der Waals surface area contributed by atoms with Gasteiger partial charge < -0.3 is 10.1 Å². The summed E-state index contributed by atoms with van der Waals surface area (Å²) in [6.07, 6.45) is -2.39. The molecule has 0 atom stereocenters. The van der Waals surface area contributed by atoms with Gasteiger partial charge in [0, 0.05) is 12.6 Å². The van der Waals surface area contributed by atoms with Gasteiger partial charge in [0.25, 0.3) is 0 Å². The highest BCUT2D eigenvalue weighted by atomic mass is 32.1. The van der Waals surface area contributed by atoms with Gasteiger partial charge in [0.05, 0.1) is 5.56 Å². The van der Waals surface area contributed by atoms with Crippen molar-refractivity contribution >= 4 is 17.2 Å². The second-order valence-electron chi connectivity index (χ2n) is 5.10. The maximum atomic E-state index is 12.7. The molecular formula is C17H17F3N2OS. The Bertz CT molecular complexity index is 704. The molecule has 0 amide bonds. The predicted octanol–water partition coefficient (Wildman–Crippen LogP) is 4.96. The van der Waals surface area contributed by atoms with Crippen molar-refractivity contribution in [3.8, 4) is 11.6 Å². The molecule has 0 bridgehead atoms. The largest absolute Gasteiger partial charge is 0.439 e. The van der Waals surface area contributed by atoms with Gasteiger partial charge in [-0.15, -0.1) is 0 Å². The van der Waals surface area contributed by atoms with Crippen molar-refractivity contribution in [1.29, 1.82) is 0 Å². The van der Waals surface area contributed by atoms with E-state index in [1.54, 1.807) is 18.2 Å². The number of nitrogens with one attached hydrogen (secondary N) is 1. The van der Waals surface area contributed by atoms with E-state index in [2.05, 4.69) is 17.2 Å². The number of alkyl halides is 3. The Labute approximate surface area is 143 Å². The first kappa shape index (κ1) is 18.2. The van der Waals surface area contributed by atoms with Gasteiger partial charge in [-0.05, 0) is 30.7 Å². The SMILES string of the molecule is CCCCNC(=S)c1cccc(Oc2cccc(C(F)(F)F)c2)n1. The van der Waals surface area contributed by atoms with Crippen LogP contribution in [-0.4, -0.2) is 16.5 Å². The Morgan fingerprint density at radius 3 is 2.67 bits per heavy atom. The lowest BCUT2D eigenvalue weighted by Crippen LogP contribution is -2.24. The summed E-state index contributed by atoms with van der Waals surface area (Å²) < 4.78 is 43.6. The van der Waals surface area contributed by atoms with Gasteiger partial charge >= 0.3 is 6.18 Å². The number of hydrogen-bond acceptors (Lipinski definition) is 3. The van der Waals surface area contributed by atoms with Crippen LogP contribution in [0.15, 0.2) is 42.5 Å². The smallest absolute Gasteiger partial charge is 0.416 e. The maximum Gasteiger partial charge on any atom is 0.416 e. The van der Waals surface area contributed by atoms with Gasteiger partial charge in [0.2, 0.25) is 5.88 Å². The minimum atomic E-state index is -4.42. The van der Waals surface area contributed by atoms with Gasteiger partial charge in [-0.1, -0.05) is 37.7 Å². The summed E-state index contributed by atoms with van der Waals surface area (Å²) in [6.45, 7) is 2.82. The zero-order valence-corrected chi connectivity index (χ0v) is 13.9. The van der Waals surface area contributed by atoms with E-state index in [-0.39, 0.29) is 11.6 Å². The summed E-state index contributed by atoms with van der Waals surface area (Å²) in [5.74, 6) is 0.255. The highest BCUT2D eigenvalue weighted by Gasteiger charge is 2.30. The topological polar surface area (TPSA) is 34.1 Å². The van der Waals surface area contributed by atoms with Crippen molar-refractivity contribution in [2.45, 2.75) is 25.9 Å². The average molecular weight is 354 g/mol. The molecule has 2 aromatic rings. The number of thiocarbonyl (C=S) groups is 1. The second-order valence-corrected chi connectivity index (χ2v) is 5.51. The first-order valence-electron chi connectivity index (χ1n) is 7.50. The van der Waals surface area contributed by atoms with Crippen molar-refractivity contribution in [3.05, 3.63) is 53.7 Å². The summed E-state index contributed by atoms with van der Waals surface area (Å²) in [6, 6.07) is 9.65. The Balaban J connectivity index is 2.11. The summed E-state index contributed by atoms with van der Waals surface area (Å²) in [5, 5.41) is 3.08. The van der Waals surface area contributed by atoms with Gasteiger partial charge in [-0.3, -0.25) is 0 Å². The first-order valence-corrected chi connectivity index (χ1v) is 7.91. The third-order valence-electron chi connectivity index (χ3n) is 3.16. The highest BCUT2D eigenvalue weighted by molar-refractivity contribution is 7.80. The Morgan fingerprint density at radius 2 is 1.96 bits per heavy atom. The summed E-state index contributed by atoms with van der Waals surface area (Å²) in [4.78, 5) is 4.72. The Morgan fingerprint density at radius 1 is 1.21 bits per heavy atom. The van der Waals surface area contributed by atoms with Crippen molar-refractivity contribution in [2.24, 2.45) is 0 Å². The summed E-state index contributed by atoms with van der Waals surface area (Å²) in [5.41, 5.74) is -0.251. The fourth-order valence-electron chi connectivity index (χ4n) is 1.92. The average Bonchev–Trinajstić information content (AvgIpc) is 2.55. The van der Waals surface area contributed by atoms with Crippen molar-refractivity contribution in [3.63, 3.8) is 0 Å². The monoisotopic (exact) mass is 354 g/mol. The number of unbranched alkanes of at least 4 members (excludes halogenated alkanes) is 1. The van der Waals surface area contributed by atoms with Crippen LogP contribution in [0.1, 0.15) is 31.0 Å². The van der Waals surface area contributed by atoms with Crippen LogP contribution in [0.4, 0.5) is 13.2 Å². The molecule has 1 aromatic carbocycles. The molecular weight excluding hydrogens is 337 g/mol. The van der Waals surface area contributed by atoms with E-state index < -0.39 is 11.7 Å². The van der Waals surface area contributed by atoms with Crippen LogP contribution in [0.3, 0.4) is 0 Å². The normalized spacial score (nSPS) is 11.2. The molecule has 0 saturated heterocycles. The van der Waals surface area contributed by atoms with Crippen molar-refractivity contribution in [2.75, 3.05) is 6.54 Å². The lowest BCUT2D eigenvalue weighted by Gasteiger charge is -2.11. The van der Waals surface area contributed by atoms with Gasteiger partial charge in [-0.2, -0.15) is 13.2 Å². The molecule has 7 heteroatoms. The minimum absolute atomic E-state index is 0.0688. The second kappa shape index (κ2) is 8.10. The highest BCUT2D eigenvalue weighted by Crippen LogP contribution is 2.32. The molecule has 0 unspecified atom stereocenters. The summed E-state index contributed by atoms with van der Waals surface area (Å²) >= 11 is 5.25. The number of pyridine rings is 1. The molecule has 0 aliphatic heterocycles. The zero-order chi connectivity index (χ0) is 17.6. The van der Waals surface area contributed by atoms with Crippen LogP contribution in [0.25, 0.3) is 0 Å². The molecule has 0 radical (unpaired) electrons. The molecule has 3 nitrogen and oxygen atoms in total. The number of aromatic nitrogens is 1. The zero-order valence-electron chi connectivity index (χ0n) is 13.1. The van der Waals surface area contributed by atoms with Crippen LogP contribution in [0.5, 0.6) is 11.6 Å². The van der Waals surface area contributed by atoms with E-state index in [0.717, 1.165) is 31.5 Å². The van der Waals surface area contributed by atoms with Crippen LogP contribution in [-0.2, 0) is 6.18 Å². The number of halogens is 3. The van der Waals surface area contributed by atoms with Crippen molar-refractivity contribution in [1.82, 2.24) is 10.3 Å². The number of hydrogen-bond donors (Lipinski definition) is 1. The third kappa shape index (κ3) is 5.19. The molecule has 2 rings (SSSR count). The Hall–Kier alpha value is -2.15. The molecule has 0 spiro atoms. The fraction of sp³-hybridized carbons (Fsp3) is 0.294. The van der Waals surface area contributed by atoms with E-state index in [1.165, 1.54) is 12.1 Å². The molecule has 0 fully saturated rings. The number of ether oxygens (including phenoxy) is 1. The quantitative estimate of drug-likeness (QED) is 0.587. The molecule has 0 aliphatic rings. The van der Waals surface area contributed by atoms with E-state index in [1.807, 2.05) is 0 Å². The van der Waals surface area contributed by atoms with E-state index in [9.17, 15) is 13.2 Å². The first-order chi connectivity index (χ1) is 11.4. The molecule has 24 heavy (non-hydrogen) atoms. The fourth-order valence-corrected chi connectivity index (χ4v) is 2.14. The number of nitrogens with zero attached hydrogens (tertiary/aromatic N) is 1. The number of benzene rings is 1. The third-order valence-corrected chi connectivity index (χ3v) is 3.51. The van der Waals surface area contributed by atoms with Gasteiger partial charge in [0.15, 0.2) is 0 Å². The van der Waals surface area contributed by atoms with Crippen LogP contribution in [0.2, 0.25) is 0 Å². The van der Waals surface area contributed by atoms with Gasteiger partial charge in [0.1, 0.15) is 16.4 Å². The molecule has 1 heterocycles. The number of rotatable bonds is 6. The standard InChI is InChI=1S/C17H17F3N2OS/c1-2-3-10-21-16(24)14-8-5-9-15(22-14)23-13-7-4-6-12(11-13)17(18,19)20/h4-9,11H,2-3,10H2,1H3,(H,21,24). The molecule has 0 aliphatic carbocycles. The van der Waals surface area contributed by atoms with E-state index in [0.29, 0.717) is 10.7 Å². The predicted molar refractivity (Wildman–Crippen MR) is 90.4 cm³/mol. The van der Waals surface area contributed by atoms with E-state index >= 15 is 0 Å². The van der Waals surface area contributed by atoms with Crippen LogP contribution < -0.4 is 10.1 Å². The molecule has 1 aromatic heterocycles. The van der Waals surface area contributed by atoms with Crippen molar-refractivity contribution < 1.29 is 17.9 Å². The molecule has 1 N–H and O–H groups in total. The Kier molecular flexibility index (Phi) is 6.14. The molecule has 128 valence electrons. The van der Waals surface area contributed by atoms with Crippen LogP contribution in [0, 0.1) is 0 Å². The van der Waals surface area contributed by atoms with Gasteiger partial charge in [-0.25, -0.2) is 4.98 Å². The molecule has 0 saturated carbocycles.